The molecule has 0 saturated heterocycles. The summed E-state index contributed by atoms with van der Waals surface area (Å²) < 4.78 is 1.54. The van der Waals surface area contributed by atoms with Gasteiger partial charge in [0, 0.05) is 37.2 Å². The molecule has 0 amide bonds. The van der Waals surface area contributed by atoms with E-state index in [4.69, 9.17) is 24.4 Å². The molecule has 42 heavy (non-hydrogen) atoms. The van der Waals surface area contributed by atoms with Gasteiger partial charge in [0.2, 0.25) is 0 Å². The Balaban J connectivity index is 2.35. The van der Waals surface area contributed by atoms with Crippen molar-refractivity contribution >= 4 is 74.6 Å². The van der Waals surface area contributed by atoms with E-state index in [0.717, 1.165) is 58.5 Å². The van der Waals surface area contributed by atoms with E-state index in [-0.39, 0.29) is 18.1 Å². The minimum atomic E-state index is -1.12. The van der Waals surface area contributed by atoms with Crippen LogP contribution in [0.25, 0.3) is 6.08 Å². The first-order valence-corrected chi connectivity index (χ1v) is 16.9. The molecule has 2 aromatic rings. The zero-order valence-corrected chi connectivity index (χ0v) is 28.1. The van der Waals surface area contributed by atoms with E-state index in [1.54, 1.807) is 17.8 Å². The van der Waals surface area contributed by atoms with E-state index in [1.165, 1.54) is 11.8 Å². The molecule has 3 unspecified atom stereocenters. The number of thiocarbonyl (C=S) groups is 2. The van der Waals surface area contributed by atoms with Crippen LogP contribution >= 0.6 is 48.0 Å². The van der Waals surface area contributed by atoms with Crippen LogP contribution in [0.15, 0.2) is 55.1 Å². The lowest BCUT2D eigenvalue weighted by molar-refractivity contribution is -0.154. The first kappa shape index (κ1) is 35.8. The highest BCUT2D eigenvalue weighted by molar-refractivity contribution is 8.23. The number of carboxylic acid groups (broad SMARTS) is 2. The quantitative estimate of drug-likeness (QED) is 0.178. The van der Waals surface area contributed by atoms with Gasteiger partial charge in [-0.1, -0.05) is 109 Å². The van der Waals surface area contributed by atoms with Crippen molar-refractivity contribution < 1.29 is 19.8 Å². The molecule has 0 fully saturated rings. The molecule has 2 rings (SSSR count). The summed E-state index contributed by atoms with van der Waals surface area (Å²) in [6.45, 7) is 15.2. The summed E-state index contributed by atoms with van der Waals surface area (Å²) in [5.74, 6) is -3.72. The lowest BCUT2D eigenvalue weighted by atomic mass is 9.82. The van der Waals surface area contributed by atoms with Crippen LogP contribution in [0.3, 0.4) is 0 Å². The Kier molecular flexibility index (Phi) is 15.6. The molecule has 0 aliphatic heterocycles. The maximum atomic E-state index is 12.6. The number of rotatable bonds is 16. The average Bonchev–Trinajstić information content (AvgIpc) is 2.98. The lowest BCUT2D eigenvalue weighted by Crippen LogP contribution is -2.33. The number of nitrogens with zero attached hydrogens (tertiary/aromatic N) is 2. The molecule has 0 heterocycles. The fraction of sp³-hybridized carbons (Fsp3) is 0.438. The third kappa shape index (κ3) is 10.7. The smallest absolute Gasteiger partial charge is 0.307 e. The van der Waals surface area contributed by atoms with Crippen LogP contribution in [-0.2, 0) is 21.8 Å². The Bertz CT molecular complexity index is 1200. The van der Waals surface area contributed by atoms with Gasteiger partial charge in [-0.25, -0.2) is 0 Å². The highest BCUT2D eigenvalue weighted by atomic mass is 32.2. The maximum absolute atomic E-state index is 12.6. The van der Waals surface area contributed by atoms with Gasteiger partial charge in [0.25, 0.3) is 0 Å². The van der Waals surface area contributed by atoms with Gasteiger partial charge >= 0.3 is 11.9 Å². The number of carboxylic acids is 2. The Morgan fingerprint density at radius 1 is 0.810 bits per heavy atom. The molecule has 0 radical (unpaired) electrons. The van der Waals surface area contributed by atoms with Crippen molar-refractivity contribution in [3.8, 4) is 0 Å². The maximum Gasteiger partial charge on any atom is 0.307 e. The molecule has 0 aliphatic carbocycles. The summed E-state index contributed by atoms with van der Waals surface area (Å²) in [6, 6.07) is 15.4. The molecular formula is C32H42N2O4S4. The van der Waals surface area contributed by atoms with E-state index in [2.05, 4.69) is 30.2 Å². The van der Waals surface area contributed by atoms with Crippen molar-refractivity contribution in [1.29, 1.82) is 0 Å². The average molecular weight is 647 g/mol. The number of aliphatic carboxylic acids is 2. The van der Waals surface area contributed by atoms with Gasteiger partial charge < -0.3 is 20.0 Å². The van der Waals surface area contributed by atoms with Crippen LogP contribution in [0.1, 0.15) is 61.6 Å². The van der Waals surface area contributed by atoms with Crippen molar-refractivity contribution in [2.75, 3.05) is 26.2 Å². The van der Waals surface area contributed by atoms with Crippen LogP contribution in [0.5, 0.6) is 0 Å². The van der Waals surface area contributed by atoms with Gasteiger partial charge in [-0.3, -0.25) is 9.59 Å². The molecule has 0 aliphatic rings. The molecule has 2 N–H and O–H groups in total. The van der Waals surface area contributed by atoms with Gasteiger partial charge in [0.15, 0.2) is 0 Å². The minimum Gasteiger partial charge on any atom is -0.481 e. The van der Waals surface area contributed by atoms with Crippen LogP contribution in [-0.4, -0.2) is 66.8 Å². The summed E-state index contributed by atoms with van der Waals surface area (Å²) in [5.41, 5.74) is 3.71. The molecular weight excluding hydrogens is 605 g/mol. The molecule has 0 bridgehead atoms. The largest absolute Gasteiger partial charge is 0.481 e. The molecule has 228 valence electrons. The highest BCUT2D eigenvalue weighted by Crippen LogP contribution is 2.40. The number of thioether (sulfide) groups is 2. The summed E-state index contributed by atoms with van der Waals surface area (Å²) in [5, 5.41) is 20.1. The van der Waals surface area contributed by atoms with Crippen LogP contribution < -0.4 is 0 Å². The minimum absolute atomic E-state index is 0.115. The van der Waals surface area contributed by atoms with Gasteiger partial charge in [-0.2, -0.15) is 0 Å². The van der Waals surface area contributed by atoms with Crippen LogP contribution in [0.4, 0.5) is 0 Å². The number of hydrogen-bond donors (Lipinski definition) is 2. The normalized spacial score (nSPS) is 13.0. The Morgan fingerprint density at radius 2 is 1.31 bits per heavy atom. The summed E-state index contributed by atoms with van der Waals surface area (Å²) >= 11 is 14.4. The van der Waals surface area contributed by atoms with Crippen molar-refractivity contribution in [2.24, 2.45) is 11.8 Å². The Labute approximate surface area is 269 Å². The van der Waals surface area contributed by atoms with Crippen LogP contribution in [0, 0.1) is 11.8 Å². The van der Waals surface area contributed by atoms with Gasteiger partial charge in [0.05, 0.1) is 11.8 Å². The first-order chi connectivity index (χ1) is 20.1. The fourth-order valence-corrected chi connectivity index (χ4v) is 7.80. The van der Waals surface area contributed by atoms with Crippen molar-refractivity contribution in [2.45, 2.75) is 51.5 Å². The topological polar surface area (TPSA) is 81.1 Å². The second kappa shape index (κ2) is 18.3. The molecule has 0 spiro atoms. The van der Waals surface area contributed by atoms with Crippen LogP contribution in [0.2, 0.25) is 0 Å². The second-order valence-electron chi connectivity index (χ2n) is 9.79. The predicted octanol–water partition coefficient (Wildman–Crippen LogP) is 7.62. The van der Waals surface area contributed by atoms with E-state index >= 15 is 0 Å². The summed E-state index contributed by atoms with van der Waals surface area (Å²) in [7, 11) is 0. The second-order valence-corrected chi connectivity index (χ2v) is 13.2. The number of carbonyl (C=O) groups is 2. The van der Waals surface area contributed by atoms with Gasteiger partial charge in [0.1, 0.15) is 8.64 Å². The standard InChI is InChI=1S/C32H42N2O4S4/c1-6-22-11-13-23(14-12-22)19-26(29(35)36)27(30(37)38)20-28(42-32(40)34(9-4)10-5)25-17-15-24(16-18-25)21-41-31(39)33(7-2)8-3/h6,11-18,26-28H,1,7-10,19-21H2,2-5H3,(H,35,36)(H,37,38). The monoisotopic (exact) mass is 646 g/mol. The zero-order valence-electron chi connectivity index (χ0n) is 24.8. The Morgan fingerprint density at radius 3 is 1.79 bits per heavy atom. The molecule has 0 aromatic heterocycles. The van der Waals surface area contributed by atoms with Crippen molar-refractivity contribution in [3.05, 3.63) is 77.4 Å². The lowest BCUT2D eigenvalue weighted by Gasteiger charge is -2.28. The molecule has 6 nitrogen and oxygen atoms in total. The molecule has 0 saturated carbocycles. The number of benzene rings is 2. The van der Waals surface area contributed by atoms with Gasteiger partial charge in [-0.05, 0) is 62.8 Å². The SMILES string of the molecule is C=Cc1ccc(CC(C(=O)O)C(CC(SC(=S)N(CC)CC)c2ccc(CSC(=S)N(CC)CC)cc2)C(=O)O)cc1. The van der Waals surface area contributed by atoms with E-state index in [0.29, 0.717) is 4.32 Å². The summed E-state index contributed by atoms with van der Waals surface area (Å²) in [4.78, 5) is 29.2. The third-order valence-electron chi connectivity index (χ3n) is 7.26. The highest BCUT2D eigenvalue weighted by Gasteiger charge is 2.37. The zero-order chi connectivity index (χ0) is 31.2. The van der Waals surface area contributed by atoms with Crippen molar-refractivity contribution in [1.82, 2.24) is 9.80 Å². The van der Waals surface area contributed by atoms with E-state index in [9.17, 15) is 19.8 Å². The van der Waals surface area contributed by atoms with Gasteiger partial charge in [-0.15, -0.1) is 0 Å². The molecule has 2 aromatic carbocycles. The van der Waals surface area contributed by atoms with Crippen molar-refractivity contribution in [3.63, 3.8) is 0 Å². The molecule has 10 heteroatoms. The fourth-order valence-electron chi connectivity index (χ4n) is 4.59. The predicted molar refractivity (Wildman–Crippen MR) is 186 cm³/mol. The number of hydrogen-bond acceptors (Lipinski definition) is 6. The first-order valence-electron chi connectivity index (χ1n) is 14.2. The van der Waals surface area contributed by atoms with E-state index in [1.807, 2.05) is 62.4 Å². The molecule has 3 atom stereocenters. The summed E-state index contributed by atoms with van der Waals surface area (Å²) in [6.07, 6.45) is 1.95. The Hall–Kier alpha value is -2.40. The van der Waals surface area contributed by atoms with E-state index < -0.39 is 23.8 Å². The third-order valence-corrected chi connectivity index (χ3v) is 10.6.